The topological polar surface area (TPSA) is 45.2 Å². The molecular formula is C20H25N3O. The van der Waals surface area contributed by atoms with E-state index in [-0.39, 0.29) is 11.8 Å². The van der Waals surface area contributed by atoms with Crippen LogP contribution in [0.4, 0.5) is 5.82 Å². The van der Waals surface area contributed by atoms with Gasteiger partial charge in [-0.25, -0.2) is 4.98 Å². The molecule has 2 aromatic rings. The Hall–Kier alpha value is -2.36. The highest BCUT2D eigenvalue weighted by atomic mass is 16.1. The first-order valence-electron chi connectivity index (χ1n) is 8.74. The number of anilines is 1. The zero-order chi connectivity index (χ0) is 16.8. The fourth-order valence-electron chi connectivity index (χ4n) is 3.10. The number of aromatic nitrogens is 1. The number of nitrogens with one attached hydrogen (secondary N) is 1. The van der Waals surface area contributed by atoms with Gasteiger partial charge in [-0.1, -0.05) is 43.3 Å². The van der Waals surface area contributed by atoms with E-state index < -0.39 is 0 Å². The molecule has 1 N–H and O–H groups in total. The van der Waals surface area contributed by atoms with E-state index in [9.17, 15) is 4.79 Å². The van der Waals surface area contributed by atoms with Crippen LogP contribution in [-0.4, -0.2) is 24.0 Å². The molecule has 0 bridgehead atoms. The lowest BCUT2D eigenvalue weighted by Crippen LogP contribution is -2.24. The van der Waals surface area contributed by atoms with Gasteiger partial charge >= 0.3 is 0 Å². The molecule has 1 atom stereocenters. The Labute approximate surface area is 143 Å². The van der Waals surface area contributed by atoms with E-state index in [0.717, 1.165) is 24.5 Å². The molecule has 0 spiro atoms. The number of pyridine rings is 1. The molecule has 0 saturated carbocycles. The number of amides is 1. The molecule has 4 heteroatoms. The maximum atomic E-state index is 12.1. The van der Waals surface area contributed by atoms with Gasteiger partial charge < -0.3 is 10.2 Å². The van der Waals surface area contributed by atoms with Crippen molar-refractivity contribution in [2.45, 2.75) is 38.6 Å². The molecule has 2 heterocycles. The first-order valence-corrected chi connectivity index (χ1v) is 8.74. The van der Waals surface area contributed by atoms with Crippen LogP contribution in [0.25, 0.3) is 0 Å². The smallest absolute Gasteiger partial charge is 0.220 e. The quantitative estimate of drug-likeness (QED) is 0.885. The van der Waals surface area contributed by atoms with E-state index in [2.05, 4.69) is 46.4 Å². The molecule has 1 aliphatic rings. The summed E-state index contributed by atoms with van der Waals surface area (Å²) in [7, 11) is 0. The molecule has 1 aromatic heterocycles. The highest BCUT2D eigenvalue weighted by Gasteiger charge is 2.13. The van der Waals surface area contributed by atoms with Crippen LogP contribution in [0.5, 0.6) is 0 Å². The van der Waals surface area contributed by atoms with Gasteiger partial charge in [0, 0.05) is 32.3 Å². The third-order valence-corrected chi connectivity index (χ3v) is 4.59. The minimum Gasteiger partial charge on any atom is -0.357 e. The molecule has 1 unspecified atom stereocenters. The number of hydrogen-bond donors (Lipinski definition) is 1. The third-order valence-electron chi connectivity index (χ3n) is 4.59. The predicted octanol–water partition coefficient (Wildman–Crippen LogP) is 3.49. The Morgan fingerprint density at radius 1 is 1.17 bits per heavy atom. The van der Waals surface area contributed by atoms with Crippen molar-refractivity contribution < 1.29 is 4.79 Å². The minimum absolute atomic E-state index is 0.0787. The fourth-order valence-corrected chi connectivity index (χ4v) is 3.10. The zero-order valence-corrected chi connectivity index (χ0v) is 14.2. The SMILES string of the molecule is CC(CC(=O)NCc1ccc(N2CCCC2)nc1)c1ccccc1. The van der Waals surface area contributed by atoms with Gasteiger partial charge in [-0.2, -0.15) is 0 Å². The molecular weight excluding hydrogens is 298 g/mol. The van der Waals surface area contributed by atoms with E-state index in [4.69, 9.17) is 0 Å². The molecule has 1 aromatic carbocycles. The van der Waals surface area contributed by atoms with Crippen molar-refractivity contribution in [2.75, 3.05) is 18.0 Å². The highest BCUT2D eigenvalue weighted by Crippen LogP contribution is 2.19. The van der Waals surface area contributed by atoms with Crippen LogP contribution in [0.3, 0.4) is 0 Å². The van der Waals surface area contributed by atoms with Crippen LogP contribution in [0.1, 0.15) is 43.2 Å². The fraction of sp³-hybridized carbons (Fsp3) is 0.400. The first kappa shape index (κ1) is 16.5. The molecule has 1 fully saturated rings. The van der Waals surface area contributed by atoms with Crippen LogP contribution in [0.15, 0.2) is 48.7 Å². The normalized spacial score (nSPS) is 15.3. The summed E-state index contributed by atoms with van der Waals surface area (Å²) in [5.41, 5.74) is 2.24. The third kappa shape index (κ3) is 4.34. The van der Waals surface area contributed by atoms with Crippen molar-refractivity contribution >= 4 is 11.7 Å². The zero-order valence-electron chi connectivity index (χ0n) is 14.2. The molecule has 4 nitrogen and oxygen atoms in total. The van der Waals surface area contributed by atoms with Crippen LogP contribution < -0.4 is 10.2 Å². The van der Waals surface area contributed by atoms with Crippen LogP contribution >= 0.6 is 0 Å². The summed E-state index contributed by atoms with van der Waals surface area (Å²) in [6.45, 7) is 4.82. The maximum Gasteiger partial charge on any atom is 0.220 e. The summed E-state index contributed by atoms with van der Waals surface area (Å²) in [5, 5.41) is 3.00. The van der Waals surface area contributed by atoms with Crippen molar-refractivity contribution in [1.82, 2.24) is 10.3 Å². The lowest BCUT2D eigenvalue weighted by atomic mass is 9.97. The van der Waals surface area contributed by atoms with E-state index in [0.29, 0.717) is 13.0 Å². The van der Waals surface area contributed by atoms with Crippen molar-refractivity contribution in [3.05, 3.63) is 59.8 Å². The average Bonchev–Trinajstić information content (AvgIpc) is 3.16. The van der Waals surface area contributed by atoms with Gasteiger partial charge in [0.15, 0.2) is 0 Å². The Morgan fingerprint density at radius 2 is 1.92 bits per heavy atom. The van der Waals surface area contributed by atoms with E-state index in [1.54, 1.807) is 0 Å². The summed E-state index contributed by atoms with van der Waals surface area (Å²) < 4.78 is 0. The number of benzene rings is 1. The van der Waals surface area contributed by atoms with E-state index in [1.807, 2.05) is 24.4 Å². The lowest BCUT2D eigenvalue weighted by molar-refractivity contribution is -0.121. The predicted molar refractivity (Wildman–Crippen MR) is 97.0 cm³/mol. The van der Waals surface area contributed by atoms with Gasteiger partial charge in [-0.05, 0) is 36.0 Å². The molecule has 0 radical (unpaired) electrons. The molecule has 126 valence electrons. The van der Waals surface area contributed by atoms with Crippen molar-refractivity contribution in [1.29, 1.82) is 0 Å². The number of carbonyl (C=O) groups excluding carboxylic acids is 1. The highest BCUT2D eigenvalue weighted by molar-refractivity contribution is 5.76. The maximum absolute atomic E-state index is 12.1. The van der Waals surface area contributed by atoms with Crippen LogP contribution in [0.2, 0.25) is 0 Å². The summed E-state index contributed by atoms with van der Waals surface area (Å²) >= 11 is 0. The van der Waals surface area contributed by atoms with Gasteiger partial charge in [0.25, 0.3) is 0 Å². The molecule has 3 rings (SSSR count). The summed E-state index contributed by atoms with van der Waals surface area (Å²) in [5.74, 6) is 1.34. The Balaban J connectivity index is 1.47. The van der Waals surface area contributed by atoms with Gasteiger partial charge in [0.05, 0.1) is 0 Å². The standard InChI is InChI=1S/C20H25N3O/c1-16(18-7-3-2-4-8-18)13-20(24)22-15-17-9-10-19(21-14-17)23-11-5-6-12-23/h2-4,7-10,14,16H,5-6,11-13,15H2,1H3,(H,22,24). The monoisotopic (exact) mass is 323 g/mol. The second kappa shape index (κ2) is 7.95. The van der Waals surface area contributed by atoms with Crippen molar-refractivity contribution in [3.8, 4) is 0 Å². The lowest BCUT2D eigenvalue weighted by Gasteiger charge is -2.16. The van der Waals surface area contributed by atoms with E-state index >= 15 is 0 Å². The summed E-state index contributed by atoms with van der Waals surface area (Å²) in [6, 6.07) is 14.3. The Kier molecular flexibility index (Phi) is 5.47. The number of hydrogen-bond acceptors (Lipinski definition) is 3. The van der Waals surface area contributed by atoms with Crippen molar-refractivity contribution in [3.63, 3.8) is 0 Å². The van der Waals surface area contributed by atoms with Gasteiger partial charge in [0.1, 0.15) is 5.82 Å². The largest absolute Gasteiger partial charge is 0.357 e. The number of rotatable bonds is 6. The van der Waals surface area contributed by atoms with E-state index in [1.165, 1.54) is 18.4 Å². The molecule has 0 aliphatic carbocycles. The van der Waals surface area contributed by atoms with Gasteiger partial charge in [0.2, 0.25) is 5.91 Å². The molecule has 24 heavy (non-hydrogen) atoms. The molecule has 1 amide bonds. The number of nitrogens with zero attached hydrogens (tertiary/aromatic N) is 2. The van der Waals surface area contributed by atoms with Gasteiger partial charge in [-0.3, -0.25) is 4.79 Å². The number of carbonyl (C=O) groups is 1. The second-order valence-electron chi connectivity index (χ2n) is 6.51. The molecule has 1 saturated heterocycles. The Morgan fingerprint density at radius 3 is 2.58 bits per heavy atom. The summed E-state index contributed by atoms with van der Waals surface area (Å²) in [4.78, 5) is 19.0. The van der Waals surface area contributed by atoms with Gasteiger partial charge in [-0.15, -0.1) is 0 Å². The summed E-state index contributed by atoms with van der Waals surface area (Å²) in [6.07, 6.45) is 4.87. The minimum atomic E-state index is 0.0787. The Bertz CT molecular complexity index is 648. The van der Waals surface area contributed by atoms with Crippen LogP contribution in [0, 0.1) is 0 Å². The van der Waals surface area contributed by atoms with Crippen LogP contribution in [-0.2, 0) is 11.3 Å². The molecule has 1 aliphatic heterocycles. The van der Waals surface area contributed by atoms with Crippen molar-refractivity contribution in [2.24, 2.45) is 0 Å². The average molecular weight is 323 g/mol. The second-order valence-corrected chi connectivity index (χ2v) is 6.51. The first-order chi connectivity index (χ1) is 11.7.